The molecule has 7 nitrogen and oxygen atoms in total. The summed E-state index contributed by atoms with van der Waals surface area (Å²) >= 11 is 0. The molecule has 1 fully saturated rings. The van der Waals surface area contributed by atoms with E-state index in [2.05, 4.69) is 5.32 Å². The first kappa shape index (κ1) is 24.2. The number of likely N-dealkylation sites (N-methyl/N-ethyl adjacent to an activating group) is 1. The first-order valence-electron chi connectivity index (χ1n) is 11.1. The number of nitrogens with one attached hydrogen (secondary N) is 1. The van der Waals surface area contributed by atoms with E-state index in [1.54, 1.807) is 28.6 Å². The fraction of sp³-hybridized carbons (Fsp3) is 0.458. The third-order valence-corrected chi connectivity index (χ3v) is 7.82. The molecule has 0 bridgehead atoms. The van der Waals surface area contributed by atoms with Crippen molar-refractivity contribution in [2.24, 2.45) is 0 Å². The van der Waals surface area contributed by atoms with Crippen molar-refractivity contribution in [1.29, 1.82) is 0 Å². The Kier molecular flexibility index (Phi) is 8.28. The molecular formula is C24H33N3O4S. The third kappa shape index (κ3) is 6.09. The smallest absolute Gasteiger partial charge is 0.243 e. The summed E-state index contributed by atoms with van der Waals surface area (Å²) in [4.78, 5) is 14.8. The highest BCUT2D eigenvalue weighted by Gasteiger charge is 2.26. The Morgan fingerprint density at radius 2 is 1.75 bits per heavy atom. The summed E-state index contributed by atoms with van der Waals surface area (Å²) in [5.74, 6) is 0.688. The molecule has 1 saturated heterocycles. The second-order valence-electron chi connectivity index (χ2n) is 8.25. The monoisotopic (exact) mass is 459 g/mol. The van der Waals surface area contributed by atoms with Gasteiger partial charge in [0.1, 0.15) is 12.4 Å². The average Bonchev–Trinajstić information content (AvgIpc) is 2.80. The molecule has 0 spiro atoms. The Balaban J connectivity index is 1.51. The van der Waals surface area contributed by atoms with Crippen LogP contribution in [0, 0.1) is 6.92 Å². The van der Waals surface area contributed by atoms with Crippen LogP contribution in [0.2, 0.25) is 0 Å². The van der Waals surface area contributed by atoms with Gasteiger partial charge in [-0.3, -0.25) is 9.69 Å². The number of amides is 1. The predicted molar refractivity (Wildman–Crippen MR) is 126 cm³/mol. The van der Waals surface area contributed by atoms with Crippen LogP contribution in [0.3, 0.4) is 0 Å². The van der Waals surface area contributed by atoms with Gasteiger partial charge in [-0.05, 0) is 69.6 Å². The highest BCUT2D eigenvalue weighted by molar-refractivity contribution is 7.89. The Hall–Kier alpha value is -2.42. The molecule has 1 amide bonds. The number of rotatable bonds is 9. The zero-order chi connectivity index (χ0) is 23.1. The third-order valence-electron chi connectivity index (χ3n) is 5.91. The van der Waals surface area contributed by atoms with Gasteiger partial charge in [0.05, 0.1) is 10.9 Å². The fourth-order valence-corrected chi connectivity index (χ4v) is 5.14. The van der Waals surface area contributed by atoms with Crippen LogP contribution in [0.15, 0.2) is 53.4 Å². The molecule has 1 aliphatic heterocycles. The zero-order valence-corrected chi connectivity index (χ0v) is 19.9. The van der Waals surface area contributed by atoms with Gasteiger partial charge in [0.15, 0.2) is 0 Å². The number of nitrogens with zero attached hydrogens (tertiary/aromatic N) is 2. The largest absolute Gasteiger partial charge is 0.492 e. The van der Waals surface area contributed by atoms with E-state index in [0.29, 0.717) is 31.9 Å². The predicted octanol–water partition coefficient (Wildman–Crippen LogP) is 3.51. The van der Waals surface area contributed by atoms with Crippen LogP contribution in [0.25, 0.3) is 0 Å². The summed E-state index contributed by atoms with van der Waals surface area (Å²) in [6.45, 7) is 6.03. The second-order valence-corrected chi connectivity index (χ2v) is 10.2. The van der Waals surface area contributed by atoms with Crippen molar-refractivity contribution in [2.45, 2.75) is 44.0 Å². The summed E-state index contributed by atoms with van der Waals surface area (Å²) in [6, 6.07) is 13.9. The molecule has 0 aromatic heterocycles. The van der Waals surface area contributed by atoms with Crippen molar-refractivity contribution in [3.8, 4) is 5.75 Å². The van der Waals surface area contributed by atoms with Crippen LogP contribution in [0.4, 0.5) is 5.69 Å². The Morgan fingerprint density at radius 1 is 1.09 bits per heavy atom. The number of hydrogen-bond donors (Lipinski definition) is 1. The number of carbonyl (C=O) groups excluding carboxylic acids is 1. The molecule has 0 aliphatic carbocycles. The molecule has 2 aromatic carbocycles. The van der Waals surface area contributed by atoms with E-state index in [-0.39, 0.29) is 16.8 Å². The molecule has 1 atom stereocenters. The van der Waals surface area contributed by atoms with Crippen molar-refractivity contribution in [2.75, 3.05) is 38.6 Å². The zero-order valence-electron chi connectivity index (χ0n) is 19.1. The minimum Gasteiger partial charge on any atom is -0.492 e. The lowest BCUT2D eigenvalue weighted by Gasteiger charge is -2.26. The summed E-state index contributed by atoms with van der Waals surface area (Å²) in [5.41, 5.74) is 1.65. The molecule has 3 rings (SSSR count). The molecule has 1 unspecified atom stereocenters. The summed E-state index contributed by atoms with van der Waals surface area (Å²) in [7, 11) is -1.60. The van der Waals surface area contributed by atoms with E-state index in [1.807, 2.05) is 50.1 Å². The lowest BCUT2D eigenvalue weighted by atomic mass is 10.2. The van der Waals surface area contributed by atoms with E-state index < -0.39 is 10.0 Å². The number of sulfonamides is 1. The van der Waals surface area contributed by atoms with Crippen LogP contribution in [0.1, 0.15) is 31.7 Å². The van der Waals surface area contributed by atoms with Gasteiger partial charge < -0.3 is 10.1 Å². The molecule has 1 heterocycles. The van der Waals surface area contributed by atoms with Gasteiger partial charge in [0.2, 0.25) is 15.9 Å². The quantitative estimate of drug-likeness (QED) is 0.621. The minimum atomic E-state index is -3.47. The number of anilines is 1. The summed E-state index contributed by atoms with van der Waals surface area (Å²) in [5, 5.41) is 2.87. The summed E-state index contributed by atoms with van der Waals surface area (Å²) < 4.78 is 32.9. The highest BCUT2D eigenvalue weighted by Crippen LogP contribution is 2.22. The van der Waals surface area contributed by atoms with Crippen molar-refractivity contribution in [3.05, 3.63) is 54.1 Å². The standard InChI is InChI=1S/C24H33N3O4S/c1-19-9-5-6-10-23(19)31-18-17-26(3)20(2)24(28)25-21-11-13-22(14-12-21)32(29,30)27-15-7-4-8-16-27/h5-6,9-14,20H,4,7-8,15-18H2,1-3H3,(H,25,28). The van der Waals surface area contributed by atoms with Crippen molar-refractivity contribution < 1.29 is 17.9 Å². The van der Waals surface area contributed by atoms with Gasteiger partial charge in [0, 0.05) is 25.3 Å². The first-order valence-corrected chi connectivity index (χ1v) is 12.5. The molecule has 1 N–H and O–H groups in total. The maximum atomic E-state index is 12.8. The maximum Gasteiger partial charge on any atom is 0.243 e. The van der Waals surface area contributed by atoms with Gasteiger partial charge in [-0.1, -0.05) is 24.6 Å². The number of hydrogen-bond acceptors (Lipinski definition) is 5. The van der Waals surface area contributed by atoms with E-state index in [1.165, 1.54) is 0 Å². The second kappa shape index (κ2) is 10.9. The lowest BCUT2D eigenvalue weighted by Crippen LogP contribution is -2.41. The number of piperidine rings is 1. The maximum absolute atomic E-state index is 12.8. The van der Waals surface area contributed by atoms with Gasteiger partial charge in [-0.2, -0.15) is 4.31 Å². The number of ether oxygens (including phenoxy) is 1. The molecule has 1 aliphatic rings. The Bertz CT molecular complexity index is 1000. The molecule has 0 radical (unpaired) electrons. The topological polar surface area (TPSA) is 79.0 Å². The van der Waals surface area contributed by atoms with E-state index >= 15 is 0 Å². The van der Waals surface area contributed by atoms with Crippen molar-refractivity contribution in [1.82, 2.24) is 9.21 Å². The molecule has 174 valence electrons. The SMILES string of the molecule is Cc1ccccc1OCCN(C)C(C)C(=O)Nc1ccc(S(=O)(=O)N2CCCCC2)cc1. The summed E-state index contributed by atoms with van der Waals surface area (Å²) in [6.07, 6.45) is 2.87. The van der Waals surface area contributed by atoms with Crippen LogP contribution < -0.4 is 10.1 Å². The number of aryl methyl sites for hydroxylation is 1. The molecule has 32 heavy (non-hydrogen) atoms. The van der Waals surface area contributed by atoms with Crippen molar-refractivity contribution in [3.63, 3.8) is 0 Å². The molecular weight excluding hydrogens is 426 g/mol. The van der Waals surface area contributed by atoms with Gasteiger partial charge >= 0.3 is 0 Å². The number of para-hydroxylation sites is 1. The van der Waals surface area contributed by atoms with Crippen LogP contribution >= 0.6 is 0 Å². The first-order chi connectivity index (χ1) is 15.3. The van der Waals surface area contributed by atoms with E-state index in [9.17, 15) is 13.2 Å². The Morgan fingerprint density at radius 3 is 2.41 bits per heavy atom. The van der Waals surface area contributed by atoms with Crippen LogP contribution in [0.5, 0.6) is 5.75 Å². The Labute approximate surface area is 191 Å². The highest BCUT2D eigenvalue weighted by atomic mass is 32.2. The molecule has 2 aromatic rings. The number of benzene rings is 2. The van der Waals surface area contributed by atoms with Gasteiger partial charge in [-0.25, -0.2) is 8.42 Å². The van der Waals surface area contributed by atoms with Crippen LogP contribution in [-0.2, 0) is 14.8 Å². The normalized spacial score (nSPS) is 16.0. The molecule has 0 saturated carbocycles. The van der Waals surface area contributed by atoms with Crippen LogP contribution in [-0.4, -0.2) is 62.9 Å². The fourth-order valence-electron chi connectivity index (χ4n) is 3.62. The lowest BCUT2D eigenvalue weighted by molar-refractivity contribution is -0.120. The van der Waals surface area contributed by atoms with Crippen molar-refractivity contribution >= 4 is 21.6 Å². The number of carbonyl (C=O) groups is 1. The van der Waals surface area contributed by atoms with E-state index in [4.69, 9.17) is 4.74 Å². The minimum absolute atomic E-state index is 0.157. The molecule has 8 heteroatoms. The average molecular weight is 460 g/mol. The van der Waals surface area contributed by atoms with E-state index in [0.717, 1.165) is 30.6 Å². The van der Waals surface area contributed by atoms with Gasteiger partial charge in [-0.15, -0.1) is 0 Å². The van der Waals surface area contributed by atoms with Gasteiger partial charge in [0.25, 0.3) is 0 Å².